The van der Waals surface area contributed by atoms with Crippen molar-refractivity contribution < 1.29 is 0 Å². The van der Waals surface area contributed by atoms with Gasteiger partial charge in [0.15, 0.2) is 0 Å². The van der Waals surface area contributed by atoms with Gasteiger partial charge >= 0.3 is 0 Å². The molecule has 1 heteroatoms. The lowest BCUT2D eigenvalue weighted by molar-refractivity contribution is 0.862. The fourth-order valence-electron chi connectivity index (χ4n) is 1.29. The highest BCUT2D eigenvalue weighted by molar-refractivity contribution is 5.63. The lowest BCUT2D eigenvalue weighted by Crippen LogP contribution is -2.00. The Morgan fingerprint density at radius 1 is 1.33 bits per heavy atom. The molecule has 0 fully saturated rings. The van der Waals surface area contributed by atoms with Crippen molar-refractivity contribution in [3.05, 3.63) is 42.0 Å². The van der Waals surface area contributed by atoms with Gasteiger partial charge in [0, 0.05) is 11.3 Å². The van der Waals surface area contributed by atoms with Crippen LogP contribution >= 0.6 is 0 Å². The molecule has 0 aliphatic carbocycles. The summed E-state index contributed by atoms with van der Waals surface area (Å²) in [7, 11) is 0. The van der Waals surface area contributed by atoms with Gasteiger partial charge < -0.3 is 5.73 Å². The van der Waals surface area contributed by atoms with E-state index in [2.05, 4.69) is 26.5 Å². The minimum Gasteiger partial charge on any atom is -0.399 e. The maximum absolute atomic E-state index is 5.66. The van der Waals surface area contributed by atoms with Crippen molar-refractivity contribution in [3.63, 3.8) is 0 Å². The minimum absolute atomic E-state index is 0.501. The van der Waals surface area contributed by atoms with E-state index in [1.165, 1.54) is 5.56 Å². The van der Waals surface area contributed by atoms with Crippen LogP contribution in [0.3, 0.4) is 0 Å². The number of hydrogen-bond acceptors (Lipinski definition) is 1. The van der Waals surface area contributed by atoms with Gasteiger partial charge in [0.05, 0.1) is 0 Å². The first-order chi connectivity index (χ1) is 5.63. The first-order valence-electron chi connectivity index (χ1n) is 4.16. The molecular weight excluding hydrogens is 146 g/mol. The Bertz CT molecular complexity index is 287. The lowest BCUT2D eigenvalue weighted by atomic mass is 9.96. The first-order valence-corrected chi connectivity index (χ1v) is 4.16. The third kappa shape index (κ3) is 1.67. The zero-order chi connectivity index (χ0) is 9.14. The fraction of sp³-hybridized carbons (Fsp3) is 0.273. The predicted octanol–water partition coefficient (Wildman–Crippen LogP) is 2.74. The summed E-state index contributed by atoms with van der Waals surface area (Å²) < 4.78 is 0. The van der Waals surface area contributed by atoms with Gasteiger partial charge in [0.1, 0.15) is 0 Å². The van der Waals surface area contributed by atoms with Gasteiger partial charge in [0.25, 0.3) is 0 Å². The second-order valence-corrected chi connectivity index (χ2v) is 3.27. The van der Waals surface area contributed by atoms with Crippen molar-refractivity contribution in [2.24, 2.45) is 5.73 Å². The molecule has 1 nitrogen and oxygen atoms in total. The molecule has 1 aromatic rings. The van der Waals surface area contributed by atoms with E-state index in [9.17, 15) is 0 Å². The van der Waals surface area contributed by atoms with Crippen LogP contribution in [0.25, 0.3) is 5.70 Å². The van der Waals surface area contributed by atoms with Crippen molar-refractivity contribution in [3.8, 4) is 0 Å². The molecule has 0 heterocycles. The van der Waals surface area contributed by atoms with Gasteiger partial charge in [-0.15, -0.1) is 0 Å². The second-order valence-electron chi connectivity index (χ2n) is 3.27. The van der Waals surface area contributed by atoms with Crippen LogP contribution in [0.15, 0.2) is 30.8 Å². The van der Waals surface area contributed by atoms with Crippen LogP contribution in [0, 0.1) is 0 Å². The molecule has 64 valence electrons. The Labute approximate surface area is 73.9 Å². The standard InChI is InChI=1S/C11H15N/c1-8(2)10-6-4-5-7-11(10)9(3)12/h4-8H,3,12H2,1-2H3. The van der Waals surface area contributed by atoms with Crippen LogP contribution in [0.2, 0.25) is 0 Å². The molecule has 0 saturated carbocycles. The number of benzene rings is 1. The monoisotopic (exact) mass is 161 g/mol. The molecule has 0 spiro atoms. The molecule has 0 saturated heterocycles. The maximum Gasteiger partial charge on any atom is 0.0317 e. The van der Waals surface area contributed by atoms with E-state index in [1.807, 2.05) is 18.2 Å². The van der Waals surface area contributed by atoms with Gasteiger partial charge in [-0.25, -0.2) is 0 Å². The van der Waals surface area contributed by atoms with Gasteiger partial charge in [-0.2, -0.15) is 0 Å². The van der Waals surface area contributed by atoms with E-state index in [-0.39, 0.29) is 0 Å². The normalized spacial score (nSPS) is 10.2. The van der Waals surface area contributed by atoms with E-state index in [1.54, 1.807) is 0 Å². The summed E-state index contributed by atoms with van der Waals surface area (Å²) >= 11 is 0. The first kappa shape index (κ1) is 8.85. The quantitative estimate of drug-likeness (QED) is 0.709. The van der Waals surface area contributed by atoms with Crippen molar-refractivity contribution in [2.75, 3.05) is 0 Å². The highest BCUT2D eigenvalue weighted by Gasteiger charge is 2.05. The molecule has 0 aromatic heterocycles. The zero-order valence-corrected chi connectivity index (χ0v) is 7.67. The van der Waals surface area contributed by atoms with Gasteiger partial charge in [-0.3, -0.25) is 0 Å². The fourth-order valence-corrected chi connectivity index (χ4v) is 1.29. The highest BCUT2D eigenvalue weighted by Crippen LogP contribution is 2.21. The third-order valence-corrected chi connectivity index (χ3v) is 1.93. The SMILES string of the molecule is C=C(N)c1ccccc1C(C)C. The Balaban J connectivity index is 3.17. The molecule has 1 rings (SSSR count). The molecule has 0 radical (unpaired) electrons. The average molecular weight is 161 g/mol. The van der Waals surface area contributed by atoms with Crippen LogP contribution < -0.4 is 5.73 Å². The predicted molar refractivity (Wildman–Crippen MR) is 53.8 cm³/mol. The molecule has 0 amide bonds. The molecule has 0 bridgehead atoms. The number of hydrogen-bond donors (Lipinski definition) is 1. The molecule has 1 aromatic carbocycles. The number of nitrogens with two attached hydrogens (primary N) is 1. The van der Waals surface area contributed by atoms with Gasteiger partial charge in [0.2, 0.25) is 0 Å². The largest absolute Gasteiger partial charge is 0.399 e. The Morgan fingerprint density at radius 2 is 1.92 bits per heavy atom. The summed E-state index contributed by atoms with van der Waals surface area (Å²) in [5.41, 5.74) is 8.65. The molecule has 0 atom stereocenters. The van der Waals surface area contributed by atoms with Crippen molar-refractivity contribution >= 4 is 5.70 Å². The van der Waals surface area contributed by atoms with Crippen molar-refractivity contribution in [1.29, 1.82) is 0 Å². The summed E-state index contributed by atoms with van der Waals surface area (Å²) in [6.07, 6.45) is 0. The van der Waals surface area contributed by atoms with Crippen molar-refractivity contribution in [2.45, 2.75) is 19.8 Å². The summed E-state index contributed by atoms with van der Waals surface area (Å²) in [4.78, 5) is 0. The van der Waals surface area contributed by atoms with Crippen LogP contribution in [-0.2, 0) is 0 Å². The number of rotatable bonds is 2. The Kier molecular flexibility index (Phi) is 2.54. The lowest BCUT2D eigenvalue weighted by Gasteiger charge is -2.11. The zero-order valence-electron chi connectivity index (χ0n) is 7.67. The van der Waals surface area contributed by atoms with Crippen molar-refractivity contribution in [1.82, 2.24) is 0 Å². The molecule has 0 aliphatic rings. The van der Waals surface area contributed by atoms with Gasteiger partial charge in [-0.05, 0) is 11.5 Å². The molecule has 2 N–H and O–H groups in total. The van der Waals surface area contributed by atoms with Gasteiger partial charge in [-0.1, -0.05) is 44.7 Å². The third-order valence-electron chi connectivity index (χ3n) is 1.93. The van der Waals surface area contributed by atoms with Crippen LogP contribution in [0.4, 0.5) is 0 Å². The molecular formula is C11H15N. The second kappa shape index (κ2) is 3.44. The molecule has 12 heavy (non-hydrogen) atoms. The Hall–Kier alpha value is -1.24. The van der Waals surface area contributed by atoms with E-state index in [4.69, 9.17) is 5.73 Å². The van der Waals surface area contributed by atoms with Crippen LogP contribution in [0.5, 0.6) is 0 Å². The van der Waals surface area contributed by atoms with E-state index in [0.717, 1.165) is 5.56 Å². The summed E-state index contributed by atoms with van der Waals surface area (Å²) in [5.74, 6) is 0.501. The topological polar surface area (TPSA) is 26.0 Å². The maximum atomic E-state index is 5.66. The minimum atomic E-state index is 0.501. The smallest absolute Gasteiger partial charge is 0.0317 e. The average Bonchev–Trinajstić information content (AvgIpc) is 2.04. The van der Waals surface area contributed by atoms with Crippen LogP contribution in [0.1, 0.15) is 30.9 Å². The van der Waals surface area contributed by atoms with E-state index < -0.39 is 0 Å². The summed E-state index contributed by atoms with van der Waals surface area (Å²) in [6, 6.07) is 8.12. The molecule has 0 unspecified atom stereocenters. The summed E-state index contributed by atoms with van der Waals surface area (Å²) in [5, 5.41) is 0. The van der Waals surface area contributed by atoms with E-state index >= 15 is 0 Å². The molecule has 0 aliphatic heterocycles. The highest BCUT2D eigenvalue weighted by atomic mass is 14.6. The summed E-state index contributed by atoms with van der Waals surface area (Å²) in [6.45, 7) is 8.06. The van der Waals surface area contributed by atoms with E-state index in [0.29, 0.717) is 11.6 Å². The Morgan fingerprint density at radius 3 is 2.33 bits per heavy atom. The van der Waals surface area contributed by atoms with Crippen LogP contribution in [-0.4, -0.2) is 0 Å².